The molecule has 0 aliphatic carbocycles. The van der Waals surface area contributed by atoms with Gasteiger partial charge in [0.2, 0.25) is 0 Å². The summed E-state index contributed by atoms with van der Waals surface area (Å²) >= 11 is 6.29. The van der Waals surface area contributed by atoms with E-state index in [9.17, 15) is 0 Å². The van der Waals surface area contributed by atoms with Gasteiger partial charge in [-0.25, -0.2) is 0 Å². The Balaban J connectivity index is 2.51. The van der Waals surface area contributed by atoms with Crippen LogP contribution in [0.5, 0.6) is 11.5 Å². The highest BCUT2D eigenvalue weighted by Gasteiger charge is 2.22. The maximum absolute atomic E-state index is 6.29. The summed E-state index contributed by atoms with van der Waals surface area (Å²) in [4.78, 5) is 0. The van der Waals surface area contributed by atoms with Crippen LogP contribution in [-0.4, -0.2) is 20.3 Å². The molecule has 16 heavy (non-hydrogen) atoms. The van der Waals surface area contributed by atoms with E-state index < -0.39 is 0 Å². The van der Waals surface area contributed by atoms with Gasteiger partial charge in [-0.1, -0.05) is 23.8 Å². The number of halogens is 1. The first-order valence-electron chi connectivity index (χ1n) is 5.16. The molecule has 4 heteroatoms. The van der Waals surface area contributed by atoms with Crippen LogP contribution in [0.25, 0.3) is 6.08 Å². The van der Waals surface area contributed by atoms with Crippen LogP contribution in [0.2, 0.25) is 5.02 Å². The Morgan fingerprint density at radius 1 is 1.62 bits per heavy atom. The maximum Gasteiger partial charge on any atom is 0.166 e. The Morgan fingerprint density at radius 3 is 3.12 bits per heavy atom. The summed E-state index contributed by atoms with van der Waals surface area (Å²) < 4.78 is 10.8. The van der Waals surface area contributed by atoms with Crippen LogP contribution in [0.15, 0.2) is 12.1 Å². The molecule has 0 saturated carbocycles. The molecule has 0 fully saturated rings. The average Bonchev–Trinajstić information content (AvgIpc) is 2.78. The van der Waals surface area contributed by atoms with Gasteiger partial charge < -0.3 is 15.2 Å². The second kappa shape index (κ2) is 4.76. The molecule has 3 nitrogen and oxygen atoms in total. The van der Waals surface area contributed by atoms with Crippen molar-refractivity contribution in [2.45, 2.75) is 6.42 Å². The molecule has 1 aromatic rings. The SMILES string of the molecule is COc1cc(/C=C/CN)c(Cl)c2c1OCC2. The fraction of sp³-hybridized carbons (Fsp3) is 0.333. The van der Waals surface area contributed by atoms with E-state index in [0.717, 1.165) is 34.1 Å². The molecule has 2 N–H and O–H groups in total. The zero-order valence-electron chi connectivity index (χ0n) is 9.13. The fourth-order valence-corrected chi connectivity index (χ4v) is 2.10. The summed E-state index contributed by atoms with van der Waals surface area (Å²) in [5.74, 6) is 1.51. The molecule has 0 atom stereocenters. The Labute approximate surface area is 99.8 Å². The van der Waals surface area contributed by atoms with Crippen LogP contribution in [0.3, 0.4) is 0 Å². The number of rotatable bonds is 3. The third kappa shape index (κ3) is 1.88. The van der Waals surface area contributed by atoms with E-state index in [2.05, 4.69) is 0 Å². The molecule has 86 valence electrons. The van der Waals surface area contributed by atoms with Crippen LogP contribution in [0.1, 0.15) is 11.1 Å². The number of fused-ring (bicyclic) bond motifs is 1. The summed E-state index contributed by atoms with van der Waals surface area (Å²) in [6, 6.07) is 1.87. The summed E-state index contributed by atoms with van der Waals surface area (Å²) in [5, 5.41) is 0.734. The Hall–Kier alpha value is -1.19. The molecule has 2 rings (SSSR count). The van der Waals surface area contributed by atoms with Crippen LogP contribution >= 0.6 is 11.6 Å². The van der Waals surface area contributed by atoms with Crippen molar-refractivity contribution < 1.29 is 9.47 Å². The molecule has 0 spiro atoms. The van der Waals surface area contributed by atoms with Gasteiger partial charge in [-0.05, 0) is 11.6 Å². The van der Waals surface area contributed by atoms with Crippen molar-refractivity contribution in [2.75, 3.05) is 20.3 Å². The van der Waals surface area contributed by atoms with Crippen LogP contribution in [0, 0.1) is 0 Å². The minimum atomic E-state index is 0.492. The molecule has 0 radical (unpaired) electrons. The van der Waals surface area contributed by atoms with Gasteiger partial charge in [-0.15, -0.1) is 0 Å². The highest BCUT2D eigenvalue weighted by molar-refractivity contribution is 6.33. The molecule has 1 heterocycles. The first-order chi connectivity index (χ1) is 7.77. The number of nitrogens with two attached hydrogens (primary N) is 1. The largest absolute Gasteiger partial charge is 0.493 e. The topological polar surface area (TPSA) is 44.5 Å². The van der Waals surface area contributed by atoms with Crippen molar-refractivity contribution in [2.24, 2.45) is 5.73 Å². The van der Waals surface area contributed by atoms with Gasteiger partial charge in [0, 0.05) is 18.5 Å². The number of hydrogen-bond acceptors (Lipinski definition) is 3. The molecule has 0 saturated heterocycles. The van der Waals surface area contributed by atoms with Gasteiger partial charge in [0.25, 0.3) is 0 Å². The van der Waals surface area contributed by atoms with Crippen LogP contribution in [0.4, 0.5) is 0 Å². The molecule has 1 aromatic carbocycles. The van der Waals surface area contributed by atoms with E-state index in [0.29, 0.717) is 13.2 Å². The lowest BCUT2D eigenvalue weighted by Crippen LogP contribution is -1.94. The quantitative estimate of drug-likeness (QED) is 0.880. The first kappa shape index (κ1) is 11.3. The van der Waals surface area contributed by atoms with Gasteiger partial charge in [-0.3, -0.25) is 0 Å². The fourth-order valence-electron chi connectivity index (χ4n) is 1.80. The normalized spacial score (nSPS) is 13.9. The number of methoxy groups -OCH3 is 1. The number of hydrogen-bond donors (Lipinski definition) is 1. The Kier molecular flexibility index (Phi) is 3.36. The van der Waals surface area contributed by atoms with E-state index in [1.54, 1.807) is 7.11 Å². The summed E-state index contributed by atoms with van der Waals surface area (Å²) in [6.07, 6.45) is 4.60. The smallest absolute Gasteiger partial charge is 0.166 e. The lowest BCUT2D eigenvalue weighted by Gasteiger charge is -2.10. The zero-order chi connectivity index (χ0) is 11.5. The molecular weight excluding hydrogens is 226 g/mol. The molecule has 0 aromatic heterocycles. The van der Waals surface area contributed by atoms with Gasteiger partial charge in [-0.2, -0.15) is 0 Å². The lowest BCUT2D eigenvalue weighted by atomic mass is 10.1. The van der Waals surface area contributed by atoms with E-state index in [1.165, 1.54) is 0 Å². The zero-order valence-corrected chi connectivity index (χ0v) is 9.88. The highest BCUT2D eigenvalue weighted by Crippen LogP contribution is 2.42. The van der Waals surface area contributed by atoms with Crippen LogP contribution in [-0.2, 0) is 6.42 Å². The van der Waals surface area contributed by atoms with Gasteiger partial charge >= 0.3 is 0 Å². The molecular formula is C12H14ClNO2. The molecule has 0 bridgehead atoms. The van der Waals surface area contributed by atoms with Gasteiger partial charge in [0.1, 0.15) is 0 Å². The Bertz CT molecular complexity index is 430. The van der Waals surface area contributed by atoms with Gasteiger partial charge in [0.05, 0.1) is 18.7 Å². The van der Waals surface area contributed by atoms with E-state index in [1.807, 2.05) is 18.2 Å². The van der Waals surface area contributed by atoms with Crippen molar-refractivity contribution in [3.05, 3.63) is 28.3 Å². The predicted octanol–water partition coefficient (Wildman–Crippen LogP) is 2.26. The van der Waals surface area contributed by atoms with E-state index in [-0.39, 0.29) is 0 Å². The molecule has 0 unspecified atom stereocenters. The minimum Gasteiger partial charge on any atom is -0.493 e. The lowest BCUT2D eigenvalue weighted by molar-refractivity contribution is 0.326. The van der Waals surface area contributed by atoms with Crippen molar-refractivity contribution in [3.63, 3.8) is 0 Å². The minimum absolute atomic E-state index is 0.492. The molecule has 1 aliphatic heterocycles. The predicted molar refractivity (Wildman–Crippen MR) is 65.3 cm³/mol. The van der Waals surface area contributed by atoms with Crippen molar-refractivity contribution in [1.82, 2.24) is 0 Å². The summed E-state index contributed by atoms with van der Waals surface area (Å²) in [6.45, 7) is 1.15. The van der Waals surface area contributed by atoms with E-state index >= 15 is 0 Å². The van der Waals surface area contributed by atoms with Crippen molar-refractivity contribution >= 4 is 17.7 Å². The third-order valence-corrected chi connectivity index (χ3v) is 3.00. The monoisotopic (exact) mass is 239 g/mol. The van der Waals surface area contributed by atoms with Crippen molar-refractivity contribution in [1.29, 1.82) is 0 Å². The highest BCUT2D eigenvalue weighted by atomic mass is 35.5. The molecule has 1 aliphatic rings. The first-order valence-corrected chi connectivity index (χ1v) is 5.54. The standard InChI is InChI=1S/C12H14ClNO2/c1-15-10-7-8(3-2-5-14)11(13)9-4-6-16-12(9)10/h2-3,7H,4-6,14H2,1H3/b3-2+. The van der Waals surface area contributed by atoms with Crippen LogP contribution < -0.4 is 15.2 Å². The second-order valence-corrected chi connectivity index (χ2v) is 3.90. The summed E-state index contributed by atoms with van der Waals surface area (Å²) in [5.41, 5.74) is 7.37. The number of ether oxygens (including phenoxy) is 2. The van der Waals surface area contributed by atoms with Crippen molar-refractivity contribution in [3.8, 4) is 11.5 Å². The second-order valence-electron chi connectivity index (χ2n) is 3.53. The van der Waals surface area contributed by atoms with Gasteiger partial charge in [0.15, 0.2) is 11.5 Å². The van der Waals surface area contributed by atoms with E-state index in [4.69, 9.17) is 26.8 Å². The maximum atomic E-state index is 6.29. The third-order valence-electron chi connectivity index (χ3n) is 2.55. The summed E-state index contributed by atoms with van der Waals surface area (Å²) in [7, 11) is 1.63. The number of benzene rings is 1. The Morgan fingerprint density at radius 2 is 2.44 bits per heavy atom. The molecule has 0 amide bonds. The average molecular weight is 240 g/mol.